The van der Waals surface area contributed by atoms with Crippen LogP contribution in [0.5, 0.6) is 0 Å². The molecular weight excluding hydrogens is 415 g/mol. The Labute approximate surface area is 159 Å². The summed E-state index contributed by atoms with van der Waals surface area (Å²) in [5, 5.41) is 11.3. The molecule has 1 atom stereocenters. The van der Waals surface area contributed by atoms with Crippen molar-refractivity contribution < 1.29 is 9.52 Å². The van der Waals surface area contributed by atoms with E-state index in [4.69, 9.17) is 4.42 Å². The zero-order chi connectivity index (χ0) is 18.2. The van der Waals surface area contributed by atoms with Crippen molar-refractivity contribution in [2.75, 3.05) is 0 Å². The zero-order valence-corrected chi connectivity index (χ0v) is 19.5. The molecule has 2 rings (SSSR count). The Morgan fingerprint density at radius 1 is 1.00 bits per heavy atom. The molecule has 25 heavy (non-hydrogen) atoms. The molecule has 1 N–H and O–H groups in total. The second kappa shape index (κ2) is 10.2. The number of rotatable bonds is 11. The Hall–Kier alpha value is -0.221. The van der Waals surface area contributed by atoms with Crippen molar-refractivity contribution >= 4 is 22.0 Å². The fourth-order valence-corrected chi connectivity index (χ4v) is 21.0. The predicted octanol–water partition coefficient (Wildman–Crippen LogP) is 6.26. The van der Waals surface area contributed by atoms with Crippen molar-refractivity contribution in [2.45, 2.75) is 97.5 Å². The van der Waals surface area contributed by atoms with Crippen LogP contribution in [0.2, 0.25) is 13.3 Å². The summed E-state index contributed by atoms with van der Waals surface area (Å²) in [6, 6.07) is 0. The summed E-state index contributed by atoms with van der Waals surface area (Å²) in [6.45, 7) is 6.93. The van der Waals surface area contributed by atoms with Gasteiger partial charge in [-0.3, -0.25) is 0 Å². The minimum atomic E-state index is -2.57. The Kier molecular flexibility index (Phi) is 8.60. The van der Waals surface area contributed by atoms with Gasteiger partial charge in [0.25, 0.3) is 0 Å². The van der Waals surface area contributed by atoms with Gasteiger partial charge in [-0.1, -0.05) is 0 Å². The average molecular weight is 453 g/mol. The van der Waals surface area contributed by atoms with Gasteiger partial charge in [-0.15, -0.1) is 0 Å². The molecule has 1 unspecified atom stereocenters. The van der Waals surface area contributed by atoms with Crippen LogP contribution in [-0.2, 0) is 5.60 Å². The molecule has 0 aromatic carbocycles. The molecule has 0 amide bonds. The molecule has 0 saturated carbocycles. The molecule has 0 aliphatic heterocycles. The van der Waals surface area contributed by atoms with E-state index in [1.165, 1.54) is 55.4 Å². The van der Waals surface area contributed by atoms with Crippen LogP contribution in [0.4, 0.5) is 0 Å². The summed E-state index contributed by atoms with van der Waals surface area (Å²) in [5.41, 5.74) is 0.343. The average Bonchev–Trinajstić information content (AvgIpc) is 3.13. The van der Waals surface area contributed by atoms with Gasteiger partial charge < -0.3 is 0 Å². The van der Waals surface area contributed by atoms with Gasteiger partial charge in [0.05, 0.1) is 0 Å². The molecule has 142 valence electrons. The Balaban J connectivity index is 2.43. The quantitative estimate of drug-likeness (QED) is 0.317. The van der Waals surface area contributed by atoms with Crippen molar-refractivity contribution in [2.24, 2.45) is 0 Å². The van der Waals surface area contributed by atoms with E-state index in [1.54, 1.807) is 0 Å². The molecule has 0 bridgehead atoms. The van der Waals surface area contributed by atoms with Crippen molar-refractivity contribution in [3.05, 3.63) is 30.2 Å². The van der Waals surface area contributed by atoms with Gasteiger partial charge in [-0.05, 0) is 0 Å². The van der Waals surface area contributed by atoms with E-state index in [9.17, 15) is 5.11 Å². The van der Waals surface area contributed by atoms with Crippen molar-refractivity contribution in [3.63, 3.8) is 0 Å². The van der Waals surface area contributed by atoms with Gasteiger partial charge in [-0.25, -0.2) is 0 Å². The van der Waals surface area contributed by atoms with E-state index >= 15 is 0 Å². The summed E-state index contributed by atoms with van der Waals surface area (Å²) in [7, 11) is 0. The molecule has 0 radical (unpaired) electrons. The first-order valence-electron chi connectivity index (χ1n) is 10.6. The van der Waals surface area contributed by atoms with Crippen LogP contribution in [0.25, 0.3) is 0 Å². The van der Waals surface area contributed by atoms with Crippen molar-refractivity contribution in [1.82, 2.24) is 0 Å². The summed E-state index contributed by atoms with van der Waals surface area (Å²) < 4.78 is 11.5. The van der Waals surface area contributed by atoms with Gasteiger partial charge in [-0.2, -0.15) is 0 Å². The number of allylic oxidation sites excluding steroid dienone is 1. The van der Waals surface area contributed by atoms with Gasteiger partial charge in [0.15, 0.2) is 0 Å². The van der Waals surface area contributed by atoms with E-state index in [-0.39, 0.29) is 0 Å². The van der Waals surface area contributed by atoms with E-state index in [0.29, 0.717) is 0 Å². The normalized spacial score (nSPS) is 21.0. The molecule has 1 aromatic rings. The third kappa shape index (κ3) is 5.15. The van der Waals surface area contributed by atoms with Crippen LogP contribution in [0, 0.1) is 0 Å². The number of unbranched alkanes of at least 4 members (excludes halogenated alkanes) is 3. The molecule has 2 nitrogen and oxygen atoms in total. The summed E-state index contributed by atoms with van der Waals surface area (Å²) in [6.07, 6.45) is 18.9. The SMILES string of the molecule is CCC[CH2][Sn]([CH2]CCC)([CH2]CCC)[c]1cocc1C1(O)C=CCCC1. The number of aliphatic hydroxyl groups is 1. The molecule has 1 aromatic heterocycles. The summed E-state index contributed by atoms with van der Waals surface area (Å²) in [4.78, 5) is 0. The zero-order valence-electron chi connectivity index (χ0n) is 16.7. The van der Waals surface area contributed by atoms with Crippen LogP contribution >= 0.6 is 0 Å². The third-order valence-electron chi connectivity index (χ3n) is 6.05. The number of hydrogen-bond donors (Lipinski definition) is 1. The second-order valence-electron chi connectivity index (χ2n) is 8.01. The fourth-order valence-electron chi connectivity index (χ4n) is 4.44. The van der Waals surface area contributed by atoms with Gasteiger partial charge >= 0.3 is 159 Å². The number of hydrogen-bond acceptors (Lipinski definition) is 2. The summed E-state index contributed by atoms with van der Waals surface area (Å²) >= 11 is -2.57. The monoisotopic (exact) mass is 454 g/mol. The molecule has 0 spiro atoms. The van der Waals surface area contributed by atoms with E-state index < -0.39 is 24.0 Å². The Morgan fingerprint density at radius 2 is 1.60 bits per heavy atom. The van der Waals surface area contributed by atoms with E-state index in [1.807, 2.05) is 18.6 Å². The van der Waals surface area contributed by atoms with Crippen LogP contribution in [0.3, 0.4) is 0 Å². The van der Waals surface area contributed by atoms with E-state index in [2.05, 4.69) is 26.8 Å². The Bertz CT molecular complexity index is 512. The first-order chi connectivity index (χ1) is 12.1. The molecule has 3 heteroatoms. The van der Waals surface area contributed by atoms with E-state index in [0.717, 1.165) is 24.8 Å². The molecule has 1 aliphatic carbocycles. The first-order valence-corrected chi connectivity index (χ1v) is 18.1. The molecule has 1 heterocycles. The molecular formula is C22H38O2Sn. The van der Waals surface area contributed by atoms with Crippen molar-refractivity contribution in [3.8, 4) is 0 Å². The van der Waals surface area contributed by atoms with Crippen LogP contribution in [0.1, 0.15) is 84.1 Å². The first kappa shape index (κ1) is 21.1. The minimum absolute atomic E-state index is 0.784. The second-order valence-corrected chi connectivity index (χ2v) is 21.1. The topological polar surface area (TPSA) is 33.4 Å². The maximum absolute atomic E-state index is 11.3. The molecule has 0 fully saturated rings. The van der Waals surface area contributed by atoms with Gasteiger partial charge in [0.2, 0.25) is 0 Å². The van der Waals surface area contributed by atoms with Gasteiger partial charge in [0, 0.05) is 0 Å². The third-order valence-corrected chi connectivity index (χ3v) is 21.6. The van der Waals surface area contributed by atoms with Crippen LogP contribution in [-0.4, -0.2) is 23.5 Å². The standard InChI is InChI=1S/C10H11O2.3C4H9.Sn/c11-10(5-2-1-3-6-10)9-4-7-12-8-9;3*1-3-4-2;/h2,5,7-8,11H,1,3,6H2;3*1,3-4H2,2H3;. The predicted molar refractivity (Wildman–Crippen MR) is 110 cm³/mol. The van der Waals surface area contributed by atoms with Crippen molar-refractivity contribution in [1.29, 1.82) is 0 Å². The number of furan rings is 1. The van der Waals surface area contributed by atoms with Crippen LogP contribution in [0.15, 0.2) is 29.1 Å². The molecule has 1 aliphatic rings. The van der Waals surface area contributed by atoms with Gasteiger partial charge in [0.1, 0.15) is 0 Å². The van der Waals surface area contributed by atoms with Crippen LogP contribution < -0.4 is 3.58 Å². The fraction of sp³-hybridized carbons (Fsp3) is 0.727. The Morgan fingerprint density at radius 3 is 2.08 bits per heavy atom. The molecule has 0 saturated heterocycles. The maximum atomic E-state index is 11.3. The summed E-state index contributed by atoms with van der Waals surface area (Å²) in [5.74, 6) is 0.